The number of hydrogen-bond donors (Lipinski definition) is 4. The summed E-state index contributed by atoms with van der Waals surface area (Å²) in [5.74, 6) is 0. The van der Waals surface area contributed by atoms with Gasteiger partial charge >= 0.3 is 0 Å². The van der Waals surface area contributed by atoms with E-state index in [1.54, 1.807) is 7.05 Å². The first-order valence-electron chi connectivity index (χ1n) is 6.72. The average Bonchev–Trinajstić information content (AvgIpc) is 2.53. The van der Waals surface area contributed by atoms with Crippen LogP contribution in [0.2, 0.25) is 0 Å². The van der Waals surface area contributed by atoms with Crippen LogP contribution in [0.1, 0.15) is 25.0 Å². The van der Waals surface area contributed by atoms with Crippen molar-refractivity contribution in [1.29, 1.82) is 0 Å². The zero-order valence-corrected chi connectivity index (χ0v) is 14.4. The molecule has 6 nitrogen and oxygen atoms in total. The van der Waals surface area contributed by atoms with Crippen molar-refractivity contribution in [2.24, 2.45) is 15.9 Å². The van der Waals surface area contributed by atoms with Crippen LogP contribution in [-0.2, 0) is 6.42 Å². The van der Waals surface area contributed by atoms with E-state index in [2.05, 4.69) is 45.4 Å². The zero-order chi connectivity index (χ0) is 16.5. The second-order valence-corrected chi connectivity index (χ2v) is 5.22. The van der Waals surface area contributed by atoms with E-state index < -0.39 is 0 Å². The number of nitrogens with two attached hydrogens (primary N) is 1. The highest BCUT2D eigenvalue weighted by molar-refractivity contribution is 7.80. The summed E-state index contributed by atoms with van der Waals surface area (Å²) in [5.41, 5.74) is 14.1. The maximum Gasteiger partial charge on any atom is 0.186 e. The molecule has 0 aliphatic carbocycles. The predicted octanol–water partition coefficient (Wildman–Crippen LogP) is 1.26. The molecular weight excluding hydrogens is 316 g/mol. The molecule has 0 aliphatic heterocycles. The van der Waals surface area contributed by atoms with E-state index in [-0.39, 0.29) is 5.11 Å². The van der Waals surface area contributed by atoms with E-state index >= 15 is 0 Å². The highest BCUT2D eigenvalue weighted by Gasteiger charge is 2.09. The number of nitrogens with zero attached hydrogens (tertiary/aromatic N) is 2. The van der Waals surface area contributed by atoms with Crippen molar-refractivity contribution in [2.45, 2.75) is 20.3 Å². The summed E-state index contributed by atoms with van der Waals surface area (Å²) >= 11 is 9.78. The SMILES string of the molecule is CCc1ccc(C(=N\NC(=S)NC)/C(C)=N/NC(N)=S)cc1. The van der Waals surface area contributed by atoms with Gasteiger partial charge in [-0.2, -0.15) is 10.2 Å². The summed E-state index contributed by atoms with van der Waals surface area (Å²) in [6, 6.07) is 8.08. The van der Waals surface area contributed by atoms with E-state index in [0.29, 0.717) is 16.5 Å². The molecule has 0 radical (unpaired) electrons. The van der Waals surface area contributed by atoms with Gasteiger partial charge in [0.1, 0.15) is 5.71 Å². The number of hydrogen-bond acceptors (Lipinski definition) is 4. The Morgan fingerprint density at radius 1 is 1.14 bits per heavy atom. The molecule has 5 N–H and O–H groups in total. The molecule has 0 heterocycles. The number of thiocarbonyl (C=S) groups is 2. The molecule has 0 saturated heterocycles. The van der Waals surface area contributed by atoms with Crippen LogP contribution in [0.15, 0.2) is 34.5 Å². The predicted molar refractivity (Wildman–Crippen MR) is 100 cm³/mol. The van der Waals surface area contributed by atoms with Crippen molar-refractivity contribution in [3.8, 4) is 0 Å². The largest absolute Gasteiger partial charge is 0.375 e. The topological polar surface area (TPSA) is 86.8 Å². The molecule has 0 atom stereocenters. The van der Waals surface area contributed by atoms with Gasteiger partial charge in [0.15, 0.2) is 10.2 Å². The second kappa shape index (κ2) is 9.06. The molecule has 0 spiro atoms. The van der Waals surface area contributed by atoms with Crippen LogP contribution >= 0.6 is 24.4 Å². The molecule has 0 aromatic heterocycles. The third-order valence-corrected chi connectivity index (χ3v) is 3.20. The molecular formula is C14H20N6S2. The average molecular weight is 336 g/mol. The van der Waals surface area contributed by atoms with Crippen LogP contribution < -0.4 is 21.9 Å². The molecule has 0 amide bonds. The highest BCUT2D eigenvalue weighted by Crippen LogP contribution is 2.07. The first kappa shape index (κ1) is 18.0. The first-order chi connectivity index (χ1) is 10.5. The summed E-state index contributed by atoms with van der Waals surface area (Å²) < 4.78 is 0. The standard InChI is InChI=1S/C14H20N6S2/c1-4-10-5-7-11(8-6-10)12(18-20-14(22)16-3)9(2)17-19-13(15)21/h5-8H,4H2,1-3H3,(H3,15,19,21)(H2,16,20,22)/b17-9+,18-12-. The summed E-state index contributed by atoms with van der Waals surface area (Å²) in [4.78, 5) is 0. The maximum absolute atomic E-state index is 5.39. The third-order valence-electron chi connectivity index (χ3n) is 2.81. The number of rotatable bonds is 5. The summed E-state index contributed by atoms with van der Waals surface area (Å²) in [5, 5.41) is 11.7. The fourth-order valence-corrected chi connectivity index (χ4v) is 1.70. The summed E-state index contributed by atoms with van der Waals surface area (Å²) in [6.07, 6.45) is 0.977. The van der Waals surface area contributed by atoms with Crippen LogP contribution in [0.25, 0.3) is 0 Å². The van der Waals surface area contributed by atoms with Crippen molar-refractivity contribution in [1.82, 2.24) is 16.2 Å². The Morgan fingerprint density at radius 2 is 1.77 bits per heavy atom. The highest BCUT2D eigenvalue weighted by atomic mass is 32.1. The Morgan fingerprint density at radius 3 is 2.27 bits per heavy atom. The lowest BCUT2D eigenvalue weighted by Gasteiger charge is -2.09. The first-order valence-corrected chi connectivity index (χ1v) is 7.54. The lowest BCUT2D eigenvalue weighted by molar-refractivity contribution is 0.975. The van der Waals surface area contributed by atoms with Gasteiger partial charge in [0.05, 0.1) is 5.71 Å². The van der Waals surface area contributed by atoms with Gasteiger partial charge in [-0.3, -0.25) is 10.9 Å². The zero-order valence-electron chi connectivity index (χ0n) is 12.8. The minimum Gasteiger partial charge on any atom is -0.375 e. The minimum absolute atomic E-state index is 0.0961. The number of nitrogens with one attached hydrogen (secondary N) is 3. The van der Waals surface area contributed by atoms with Crippen LogP contribution in [0.5, 0.6) is 0 Å². The van der Waals surface area contributed by atoms with E-state index in [1.807, 2.05) is 19.1 Å². The molecule has 1 aromatic rings. The van der Waals surface area contributed by atoms with Crippen molar-refractivity contribution >= 4 is 46.1 Å². The van der Waals surface area contributed by atoms with Crippen molar-refractivity contribution < 1.29 is 0 Å². The van der Waals surface area contributed by atoms with Crippen LogP contribution in [0.3, 0.4) is 0 Å². The molecule has 0 fully saturated rings. The van der Waals surface area contributed by atoms with Crippen LogP contribution in [0, 0.1) is 0 Å². The number of hydrazone groups is 2. The van der Waals surface area contributed by atoms with Gasteiger partial charge < -0.3 is 11.1 Å². The molecule has 0 aliphatic rings. The van der Waals surface area contributed by atoms with Gasteiger partial charge in [-0.25, -0.2) is 0 Å². The van der Waals surface area contributed by atoms with Crippen LogP contribution in [-0.4, -0.2) is 28.7 Å². The van der Waals surface area contributed by atoms with Gasteiger partial charge in [-0.1, -0.05) is 31.2 Å². The van der Waals surface area contributed by atoms with Crippen LogP contribution in [0.4, 0.5) is 0 Å². The fraction of sp³-hybridized carbons (Fsp3) is 0.286. The molecule has 0 bridgehead atoms. The molecule has 118 valence electrons. The molecule has 1 rings (SSSR count). The van der Waals surface area contributed by atoms with Gasteiger partial charge in [0, 0.05) is 12.6 Å². The van der Waals surface area contributed by atoms with Gasteiger partial charge in [0.25, 0.3) is 0 Å². The minimum atomic E-state index is 0.0961. The van der Waals surface area contributed by atoms with Gasteiger partial charge in [0.2, 0.25) is 0 Å². The molecule has 0 saturated carbocycles. The Hall–Kier alpha value is -2.06. The van der Waals surface area contributed by atoms with E-state index in [1.165, 1.54) is 5.56 Å². The maximum atomic E-state index is 5.39. The number of aryl methyl sites for hydroxylation is 1. The lowest BCUT2D eigenvalue weighted by Crippen LogP contribution is -2.31. The van der Waals surface area contributed by atoms with E-state index in [9.17, 15) is 0 Å². The van der Waals surface area contributed by atoms with Crippen molar-refractivity contribution in [3.05, 3.63) is 35.4 Å². The Kier molecular flexibility index (Phi) is 7.41. The molecule has 1 aromatic carbocycles. The van der Waals surface area contributed by atoms with E-state index in [0.717, 1.165) is 12.0 Å². The quantitative estimate of drug-likeness (QED) is 0.368. The molecule has 8 heteroatoms. The molecule has 0 unspecified atom stereocenters. The Labute approximate surface area is 141 Å². The summed E-state index contributed by atoms with van der Waals surface area (Å²) in [7, 11) is 1.72. The normalized spacial score (nSPS) is 11.8. The number of benzene rings is 1. The van der Waals surface area contributed by atoms with Gasteiger partial charge in [-0.05, 0) is 43.3 Å². The Balaban J connectivity index is 3.11. The van der Waals surface area contributed by atoms with Crippen molar-refractivity contribution in [2.75, 3.05) is 7.05 Å². The monoisotopic (exact) mass is 336 g/mol. The third kappa shape index (κ3) is 5.74. The Bertz CT molecular complexity index is 592. The second-order valence-electron chi connectivity index (χ2n) is 4.38. The summed E-state index contributed by atoms with van der Waals surface area (Å²) in [6.45, 7) is 3.91. The molecule has 22 heavy (non-hydrogen) atoms. The van der Waals surface area contributed by atoms with Crippen molar-refractivity contribution in [3.63, 3.8) is 0 Å². The lowest BCUT2D eigenvalue weighted by atomic mass is 10.0. The fourth-order valence-electron chi connectivity index (χ4n) is 1.61. The smallest absolute Gasteiger partial charge is 0.186 e. The van der Waals surface area contributed by atoms with E-state index in [4.69, 9.17) is 30.2 Å². The van der Waals surface area contributed by atoms with Gasteiger partial charge in [-0.15, -0.1) is 0 Å².